The molecule has 3 nitrogen and oxygen atoms in total. The fourth-order valence-electron chi connectivity index (χ4n) is 1.15. The van der Waals surface area contributed by atoms with Gasteiger partial charge in [-0.25, -0.2) is 0 Å². The Labute approximate surface area is 95.1 Å². The third-order valence-electron chi connectivity index (χ3n) is 2.16. The predicted molar refractivity (Wildman–Crippen MR) is 61.3 cm³/mol. The maximum absolute atomic E-state index is 5.99. The molecule has 1 atom stereocenters. The maximum Gasteiger partial charge on any atom is 0.125 e. The Kier molecular flexibility index (Phi) is 4.88. The number of benzene rings is 1. The molecule has 2 N–H and O–H groups in total. The van der Waals surface area contributed by atoms with E-state index in [1.165, 1.54) is 0 Å². The van der Waals surface area contributed by atoms with E-state index in [0.717, 1.165) is 11.3 Å². The SMILES string of the molecule is COC(C)COc1cccc(Cl)c1CN. The highest BCUT2D eigenvalue weighted by Gasteiger charge is 2.07. The van der Waals surface area contributed by atoms with Crippen molar-refractivity contribution in [3.63, 3.8) is 0 Å². The van der Waals surface area contributed by atoms with Gasteiger partial charge in [-0.05, 0) is 19.1 Å². The monoisotopic (exact) mass is 229 g/mol. The number of methoxy groups -OCH3 is 1. The molecular weight excluding hydrogens is 214 g/mol. The fourth-order valence-corrected chi connectivity index (χ4v) is 1.39. The maximum atomic E-state index is 5.99. The van der Waals surface area contributed by atoms with Crippen LogP contribution in [0.5, 0.6) is 5.75 Å². The van der Waals surface area contributed by atoms with E-state index in [-0.39, 0.29) is 6.10 Å². The highest BCUT2D eigenvalue weighted by molar-refractivity contribution is 6.31. The van der Waals surface area contributed by atoms with Crippen molar-refractivity contribution in [1.82, 2.24) is 0 Å². The van der Waals surface area contributed by atoms with Crippen molar-refractivity contribution in [2.45, 2.75) is 19.6 Å². The second-order valence-corrected chi connectivity index (χ2v) is 3.69. The van der Waals surface area contributed by atoms with Crippen LogP contribution >= 0.6 is 11.6 Å². The van der Waals surface area contributed by atoms with Gasteiger partial charge >= 0.3 is 0 Å². The molecule has 1 aromatic rings. The van der Waals surface area contributed by atoms with Crippen molar-refractivity contribution >= 4 is 11.6 Å². The van der Waals surface area contributed by atoms with Crippen LogP contribution in [0.4, 0.5) is 0 Å². The van der Waals surface area contributed by atoms with Crippen molar-refractivity contribution in [2.24, 2.45) is 5.73 Å². The van der Waals surface area contributed by atoms with Gasteiger partial charge in [0, 0.05) is 24.2 Å². The molecule has 84 valence electrons. The first-order valence-corrected chi connectivity index (χ1v) is 5.20. The van der Waals surface area contributed by atoms with Crippen LogP contribution < -0.4 is 10.5 Å². The molecule has 4 heteroatoms. The summed E-state index contributed by atoms with van der Waals surface area (Å²) in [6, 6.07) is 5.50. The molecule has 0 aromatic heterocycles. The highest BCUT2D eigenvalue weighted by Crippen LogP contribution is 2.25. The second-order valence-electron chi connectivity index (χ2n) is 3.28. The minimum Gasteiger partial charge on any atom is -0.491 e. The van der Waals surface area contributed by atoms with Crippen LogP contribution in [0.2, 0.25) is 5.02 Å². The number of halogens is 1. The van der Waals surface area contributed by atoms with E-state index in [0.29, 0.717) is 18.2 Å². The molecule has 0 aliphatic carbocycles. The van der Waals surface area contributed by atoms with E-state index < -0.39 is 0 Å². The number of hydrogen-bond donors (Lipinski definition) is 1. The van der Waals surface area contributed by atoms with Gasteiger partial charge in [-0.15, -0.1) is 0 Å². The Morgan fingerprint density at radius 2 is 2.20 bits per heavy atom. The third kappa shape index (κ3) is 3.38. The van der Waals surface area contributed by atoms with Gasteiger partial charge in [0.05, 0.1) is 6.10 Å². The minimum atomic E-state index is 0.0506. The van der Waals surface area contributed by atoms with Gasteiger partial charge in [-0.1, -0.05) is 17.7 Å². The first-order chi connectivity index (χ1) is 7.19. The lowest BCUT2D eigenvalue weighted by Crippen LogP contribution is -2.17. The van der Waals surface area contributed by atoms with E-state index >= 15 is 0 Å². The van der Waals surface area contributed by atoms with Crippen LogP contribution in [-0.4, -0.2) is 19.8 Å². The first-order valence-electron chi connectivity index (χ1n) is 4.82. The van der Waals surface area contributed by atoms with Crippen molar-refractivity contribution in [3.05, 3.63) is 28.8 Å². The van der Waals surface area contributed by atoms with E-state index in [1.54, 1.807) is 13.2 Å². The molecule has 0 saturated heterocycles. The van der Waals surface area contributed by atoms with Crippen LogP contribution in [0.15, 0.2) is 18.2 Å². The second kappa shape index (κ2) is 5.95. The molecule has 0 amide bonds. The molecule has 0 aliphatic rings. The molecule has 0 heterocycles. The van der Waals surface area contributed by atoms with E-state index in [2.05, 4.69) is 0 Å². The van der Waals surface area contributed by atoms with Crippen LogP contribution in [-0.2, 0) is 11.3 Å². The van der Waals surface area contributed by atoms with Crippen molar-refractivity contribution < 1.29 is 9.47 Å². The van der Waals surface area contributed by atoms with Crippen molar-refractivity contribution in [1.29, 1.82) is 0 Å². The average molecular weight is 230 g/mol. The molecule has 0 spiro atoms. The van der Waals surface area contributed by atoms with Crippen LogP contribution in [0.3, 0.4) is 0 Å². The lowest BCUT2D eigenvalue weighted by molar-refractivity contribution is 0.0713. The molecule has 1 unspecified atom stereocenters. The topological polar surface area (TPSA) is 44.5 Å². The molecule has 0 fully saturated rings. The molecule has 0 radical (unpaired) electrons. The average Bonchev–Trinajstić information content (AvgIpc) is 2.25. The summed E-state index contributed by atoms with van der Waals surface area (Å²) in [5.74, 6) is 0.730. The lowest BCUT2D eigenvalue weighted by atomic mass is 10.2. The molecular formula is C11H16ClNO2. The van der Waals surface area contributed by atoms with Gasteiger partial charge in [0.2, 0.25) is 0 Å². The molecule has 0 saturated carbocycles. The molecule has 1 aromatic carbocycles. The smallest absolute Gasteiger partial charge is 0.125 e. The Hall–Kier alpha value is -0.770. The fraction of sp³-hybridized carbons (Fsp3) is 0.455. The number of nitrogens with two attached hydrogens (primary N) is 1. The zero-order valence-corrected chi connectivity index (χ0v) is 9.75. The first kappa shape index (κ1) is 12.3. The molecule has 0 bridgehead atoms. The highest BCUT2D eigenvalue weighted by atomic mass is 35.5. The normalized spacial score (nSPS) is 12.5. The molecule has 15 heavy (non-hydrogen) atoms. The minimum absolute atomic E-state index is 0.0506. The van der Waals surface area contributed by atoms with E-state index in [4.69, 9.17) is 26.8 Å². The number of ether oxygens (including phenoxy) is 2. The quantitative estimate of drug-likeness (QED) is 0.842. The number of rotatable bonds is 5. The van der Waals surface area contributed by atoms with Gasteiger partial charge in [0.15, 0.2) is 0 Å². The van der Waals surface area contributed by atoms with Crippen molar-refractivity contribution in [2.75, 3.05) is 13.7 Å². The predicted octanol–water partition coefficient (Wildman–Crippen LogP) is 2.21. The van der Waals surface area contributed by atoms with Gasteiger partial charge in [-0.2, -0.15) is 0 Å². The summed E-state index contributed by atoms with van der Waals surface area (Å²) >= 11 is 5.99. The summed E-state index contributed by atoms with van der Waals surface area (Å²) in [5.41, 5.74) is 6.43. The summed E-state index contributed by atoms with van der Waals surface area (Å²) in [6.07, 6.45) is 0.0506. The summed E-state index contributed by atoms with van der Waals surface area (Å²) in [7, 11) is 1.65. The Bertz CT molecular complexity index is 317. The van der Waals surface area contributed by atoms with Gasteiger partial charge in [-0.3, -0.25) is 0 Å². The van der Waals surface area contributed by atoms with Crippen LogP contribution in [0.25, 0.3) is 0 Å². The van der Waals surface area contributed by atoms with Gasteiger partial charge < -0.3 is 15.2 Å². The summed E-state index contributed by atoms with van der Waals surface area (Å²) in [4.78, 5) is 0. The van der Waals surface area contributed by atoms with Crippen LogP contribution in [0, 0.1) is 0 Å². The van der Waals surface area contributed by atoms with E-state index in [9.17, 15) is 0 Å². The number of hydrogen-bond acceptors (Lipinski definition) is 3. The van der Waals surface area contributed by atoms with E-state index in [1.807, 2.05) is 19.1 Å². The third-order valence-corrected chi connectivity index (χ3v) is 2.51. The Balaban J connectivity index is 2.72. The summed E-state index contributed by atoms with van der Waals surface area (Å²) in [5, 5.41) is 0.639. The largest absolute Gasteiger partial charge is 0.491 e. The molecule has 0 aliphatic heterocycles. The Morgan fingerprint density at radius 3 is 2.80 bits per heavy atom. The summed E-state index contributed by atoms with van der Waals surface area (Å²) in [6.45, 7) is 2.80. The van der Waals surface area contributed by atoms with Gasteiger partial charge in [0.1, 0.15) is 12.4 Å². The van der Waals surface area contributed by atoms with Crippen molar-refractivity contribution in [3.8, 4) is 5.75 Å². The summed E-state index contributed by atoms with van der Waals surface area (Å²) < 4.78 is 10.7. The van der Waals surface area contributed by atoms with Gasteiger partial charge in [0.25, 0.3) is 0 Å². The zero-order chi connectivity index (χ0) is 11.3. The Morgan fingerprint density at radius 1 is 1.47 bits per heavy atom. The standard InChI is InChI=1S/C11H16ClNO2/c1-8(14-2)7-15-11-5-3-4-10(12)9(11)6-13/h3-5,8H,6-7,13H2,1-2H3. The zero-order valence-electron chi connectivity index (χ0n) is 9.00. The van der Waals surface area contributed by atoms with Crippen LogP contribution in [0.1, 0.15) is 12.5 Å². The molecule has 1 rings (SSSR count). The lowest BCUT2D eigenvalue weighted by Gasteiger charge is -2.14.